The molecule has 0 radical (unpaired) electrons. The van der Waals surface area contributed by atoms with Crippen LogP contribution in [-0.4, -0.2) is 40.5 Å². The normalized spacial score (nSPS) is 20.7. The van der Waals surface area contributed by atoms with Crippen molar-refractivity contribution < 1.29 is 14.5 Å². The molecule has 2 aliphatic rings. The molecule has 1 aromatic carbocycles. The fourth-order valence-corrected chi connectivity index (χ4v) is 4.16. The molecule has 0 aliphatic carbocycles. The number of carbonyl (C=O) groups excluding carboxylic acids is 1. The Kier molecular flexibility index (Phi) is 4.18. The number of aromatic nitrogens is 1. The third kappa shape index (κ3) is 2.97. The van der Waals surface area contributed by atoms with Gasteiger partial charge in [-0.15, -0.1) is 0 Å². The molecule has 0 N–H and O–H groups in total. The number of benzene rings is 1. The first-order valence-corrected chi connectivity index (χ1v) is 8.79. The van der Waals surface area contributed by atoms with Crippen LogP contribution in [0.2, 0.25) is 0 Å². The molecule has 1 fully saturated rings. The van der Waals surface area contributed by atoms with E-state index in [2.05, 4.69) is 0 Å². The second kappa shape index (κ2) is 6.53. The zero-order valence-electron chi connectivity index (χ0n) is 14.8. The summed E-state index contributed by atoms with van der Waals surface area (Å²) >= 11 is 0. The predicted octanol–water partition coefficient (Wildman–Crippen LogP) is 2.02. The van der Waals surface area contributed by atoms with E-state index in [4.69, 9.17) is 4.74 Å². The highest BCUT2D eigenvalue weighted by Crippen LogP contribution is 2.36. The summed E-state index contributed by atoms with van der Waals surface area (Å²) in [5, 5.41) is 11.0. The second-order valence-electron chi connectivity index (χ2n) is 7.05. The Labute approximate surface area is 155 Å². The summed E-state index contributed by atoms with van der Waals surface area (Å²) < 4.78 is 6.65. The monoisotopic (exact) mass is 369 g/mol. The maximum Gasteiger partial charge on any atom is 0.334 e. The Bertz CT molecular complexity index is 966. The van der Waals surface area contributed by atoms with Crippen molar-refractivity contribution in [2.75, 3.05) is 20.2 Å². The van der Waals surface area contributed by atoms with Gasteiger partial charge in [0.25, 0.3) is 5.91 Å². The molecule has 4 rings (SSSR count). The topological polar surface area (TPSA) is 94.7 Å². The SMILES string of the molecule is COc1ccc(C(=O)N2C[C@H]3C[C@@H](C2)c2ccc([N+](=O)[O-])c(=O)n2C3)cc1. The van der Waals surface area contributed by atoms with E-state index in [0.29, 0.717) is 30.9 Å². The van der Waals surface area contributed by atoms with Gasteiger partial charge in [-0.2, -0.15) is 0 Å². The number of nitrogens with zero attached hydrogens (tertiary/aromatic N) is 3. The number of ether oxygens (including phenoxy) is 1. The largest absolute Gasteiger partial charge is 0.497 e. The van der Waals surface area contributed by atoms with E-state index < -0.39 is 16.2 Å². The van der Waals surface area contributed by atoms with E-state index in [-0.39, 0.29) is 17.7 Å². The van der Waals surface area contributed by atoms with E-state index in [1.54, 1.807) is 37.4 Å². The Morgan fingerprint density at radius 3 is 2.56 bits per heavy atom. The van der Waals surface area contributed by atoms with Crippen molar-refractivity contribution in [2.24, 2.45) is 5.92 Å². The average molecular weight is 369 g/mol. The zero-order valence-corrected chi connectivity index (χ0v) is 14.8. The summed E-state index contributed by atoms with van der Waals surface area (Å²) in [6.45, 7) is 1.44. The summed E-state index contributed by atoms with van der Waals surface area (Å²) in [6, 6.07) is 9.93. The van der Waals surface area contributed by atoms with Crippen molar-refractivity contribution in [3.8, 4) is 5.75 Å². The van der Waals surface area contributed by atoms with E-state index >= 15 is 0 Å². The van der Waals surface area contributed by atoms with Gasteiger partial charge in [0.1, 0.15) is 5.75 Å². The summed E-state index contributed by atoms with van der Waals surface area (Å²) in [5.41, 5.74) is 0.415. The quantitative estimate of drug-likeness (QED) is 0.609. The standard InChI is InChI=1S/C19H19N3O5/c1-27-15-4-2-13(3-5-15)18(23)20-9-12-8-14(11-20)16-6-7-17(22(25)26)19(24)21(16)10-12/h2-7,12,14H,8-11H2,1H3/t12-,14+/m1/s1. The van der Waals surface area contributed by atoms with Gasteiger partial charge in [0.2, 0.25) is 0 Å². The van der Waals surface area contributed by atoms with E-state index in [1.165, 1.54) is 10.6 Å². The van der Waals surface area contributed by atoms with Crippen LogP contribution in [0.15, 0.2) is 41.2 Å². The van der Waals surface area contributed by atoms with Gasteiger partial charge in [-0.25, -0.2) is 0 Å². The molecule has 27 heavy (non-hydrogen) atoms. The number of rotatable bonds is 3. The van der Waals surface area contributed by atoms with Crippen LogP contribution in [0, 0.1) is 16.0 Å². The van der Waals surface area contributed by atoms with E-state index in [0.717, 1.165) is 12.1 Å². The van der Waals surface area contributed by atoms with Crippen LogP contribution in [0.3, 0.4) is 0 Å². The van der Waals surface area contributed by atoms with Crippen molar-refractivity contribution in [1.82, 2.24) is 9.47 Å². The van der Waals surface area contributed by atoms with Crippen LogP contribution in [0.5, 0.6) is 5.75 Å². The zero-order chi connectivity index (χ0) is 19.1. The minimum absolute atomic E-state index is 0.00759. The Morgan fingerprint density at radius 2 is 1.89 bits per heavy atom. The molecule has 2 atom stereocenters. The second-order valence-corrected chi connectivity index (χ2v) is 7.05. The predicted molar refractivity (Wildman–Crippen MR) is 97.1 cm³/mol. The lowest BCUT2D eigenvalue weighted by molar-refractivity contribution is -0.386. The third-order valence-corrected chi connectivity index (χ3v) is 5.41. The van der Waals surface area contributed by atoms with Gasteiger partial charge >= 0.3 is 11.2 Å². The lowest BCUT2D eigenvalue weighted by Crippen LogP contribution is -2.49. The van der Waals surface area contributed by atoms with Crippen LogP contribution in [-0.2, 0) is 6.54 Å². The molecule has 2 aromatic rings. The molecule has 8 nitrogen and oxygen atoms in total. The lowest BCUT2D eigenvalue weighted by atomic mass is 9.83. The van der Waals surface area contributed by atoms with Gasteiger partial charge < -0.3 is 14.2 Å². The van der Waals surface area contributed by atoms with Gasteiger partial charge in [-0.3, -0.25) is 19.7 Å². The Morgan fingerprint density at radius 1 is 1.15 bits per heavy atom. The number of piperidine rings is 1. The number of nitro groups is 1. The molecule has 1 saturated heterocycles. The summed E-state index contributed by atoms with van der Waals surface area (Å²) in [5.74, 6) is 0.758. The van der Waals surface area contributed by atoms with Gasteiger partial charge in [-0.05, 0) is 42.7 Å². The van der Waals surface area contributed by atoms with Gasteiger partial charge in [-0.1, -0.05) is 0 Å². The van der Waals surface area contributed by atoms with Crippen LogP contribution >= 0.6 is 0 Å². The van der Waals surface area contributed by atoms with Gasteiger partial charge in [0.05, 0.1) is 12.0 Å². The average Bonchev–Trinajstić information content (AvgIpc) is 2.68. The number of methoxy groups -OCH3 is 1. The highest BCUT2D eigenvalue weighted by molar-refractivity contribution is 5.94. The molecule has 140 valence electrons. The molecule has 2 bridgehead atoms. The number of pyridine rings is 1. The number of likely N-dealkylation sites (tertiary alicyclic amines) is 1. The van der Waals surface area contributed by atoms with Crippen LogP contribution in [0.1, 0.15) is 28.4 Å². The molecular weight excluding hydrogens is 350 g/mol. The fourth-order valence-electron chi connectivity index (χ4n) is 4.16. The molecule has 8 heteroatoms. The number of amides is 1. The highest BCUT2D eigenvalue weighted by atomic mass is 16.6. The van der Waals surface area contributed by atoms with Crippen LogP contribution in [0.25, 0.3) is 0 Å². The molecular formula is C19H19N3O5. The smallest absolute Gasteiger partial charge is 0.334 e. The van der Waals surface area contributed by atoms with E-state index in [1.807, 2.05) is 4.90 Å². The molecule has 3 heterocycles. The fraction of sp³-hybridized carbons (Fsp3) is 0.368. The minimum Gasteiger partial charge on any atom is -0.497 e. The lowest BCUT2D eigenvalue weighted by Gasteiger charge is -2.42. The summed E-state index contributed by atoms with van der Waals surface area (Å²) in [7, 11) is 1.58. The molecule has 0 unspecified atom stereocenters. The Balaban J connectivity index is 1.61. The van der Waals surface area contributed by atoms with Crippen molar-refractivity contribution in [2.45, 2.75) is 18.9 Å². The molecule has 1 amide bonds. The van der Waals surface area contributed by atoms with Crippen LogP contribution < -0.4 is 10.3 Å². The Hall–Kier alpha value is -3.16. The number of fused-ring (bicyclic) bond motifs is 4. The molecule has 0 saturated carbocycles. The van der Waals surface area contributed by atoms with Crippen molar-refractivity contribution in [3.63, 3.8) is 0 Å². The summed E-state index contributed by atoms with van der Waals surface area (Å²) in [6.07, 6.45) is 0.879. The first-order chi connectivity index (χ1) is 13.0. The first kappa shape index (κ1) is 17.3. The van der Waals surface area contributed by atoms with E-state index in [9.17, 15) is 19.7 Å². The van der Waals surface area contributed by atoms with Crippen molar-refractivity contribution in [3.05, 3.63) is 68.1 Å². The maximum absolute atomic E-state index is 12.9. The molecule has 0 spiro atoms. The highest BCUT2D eigenvalue weighted by Gasteiger charge is 2.37. The number of hydrogen-bond donors (Lipinski definition) is 0. The van der Waals surface area contributed by atoms with Gasteiger partial charge in [0.15, 0.2) is 0 Å². The molecule has 2 aliphatic heterocycles. The summed E-state index contributed by atoms with van der Waals surface area (Å²) in [4.78, 5) is 37.5. The van der Waals surface area contributed by atoms with Crippen molar-refractivity contribution in [1.29, 1.82) is 0 Å². The first-order valence-electron chi connectivity index (χ1n) is 8.79. The third-order valence-electron chi connectivity index (χ3n) is 5.41. The maximum atomic E-state index is 12.9. The van der Waals surface area contributed by atoms with Crippen LogP contribution in [0.4, 0.5) is 5.69 Å². The van der Waals surface area contributed by atoms with Crippen molar-refractivity contribution >= 4 is 11.6 Å². The number of carbonyl (C=O) groups is 1. The van der Waals surface area contributed by atoms with Gasteiger partial charge in [0, 0.05) is 42.9 Å². The molecule has 1 aromatic heterocycles. The minimum atomic E-state index is -0.639. The number of hydrogen-bond acceptors (Lipinski definition) is 5.